The quantitative estimate of drug-likeness (QED) is 0.679. The maximum absolute atomic E-state index is 15.9. The van der Waals surface area contributed by atoms with E-state index in [4.69, 9.17) is 11.6 Å². The van der Waals surface area contributed by atoms with E-state index in [1.165, 1.54) is 13.0 Å². The fourth-order valence-corrected chi connectivity index (χ4v) is 7.75. The molecule has 0 aromatic heterocycles. The molecule has 0 unspecified atom stereocenters. The summed E-state index contributed by atoms with van der Waals surface area (Å²) in [5, 5.41) is 11.4. The molecular formula is C22H28ClFO3. The van der Waals surface area contributed by atoms with Crippen LogP contribution < -0.4 is 0 Å². The van der Waals surface area contributed by atoms with Crippen molar-refractivity contribution in [3.8, 4) is 0 Å². The maximum atomic E-state index is 15.9. The van der Waals surface area contributed by atoms with Crippen molar-refractivity contribution in [1.82, 2.24) is 0 Å². The van der Waals surface area contributed by atoms with Gasteiger partial charge in [0.15, 0.2) is 11.6 Å². The number of fused-ring (bicyclic) bond motifs is 5. The van der Waals surface area contributed by atoms with Crippen molar-refractivity contribution in [3.63, 3.8) is 0 Å². The van der Waals surface area contributed by atoms with Crippen molar-refractivity contribution in [2.24, 2.45) is 28.6 Å². The van der Waals surface area contributed by atoms with Gasteiger partial charge in [-0.15, -0.1) is 11.6 Å². The smallest absolute Gasteiger partial charge is 0.178 e. The van der Waals surface area contributed by atoms with Gasteiger partial charge in [0.2, 0.25) is 0 Å². The summed E-state index contributed by atoms with van der Waals surface area (Å²) in [7, 11) is 0. The van der Waals surface area contributed by atoms with E-state index in [-0.39, 0.29) is 35.7 Å². The summed E-state index contributed by atoms with van der Waals surface area (Å²) < 4.78 is 15.9. The Labute approximate surface area is 165 Å². The summed E-state index contributed by atoms with van der Waals surface area (Å²) in [6.45, 7) is 7.12. The molecule has 0 aromatic carbocycles. The van der Waals surface area contributed by atoms with Crippen molar-refractivity contribution in [2.45, 2.75) is 70.0 Å². The van der Waals surface area contributed by atoms with Gasteiger partial charge in [-0.1, -0.05) is 32.4 Å². The highest BCUT2D eigenvalue weighted by Crippen LogP contribution is 2.71. The molecule has 4 aliphatic carbocycles. The highest BCUT2D eigenvalue weighted by Gasteiger charge is 2.74. The molecule has 1 N–H and O–H groups in total. The Morgan fingerprint density at radius 1 is 1.33 bits per heavy atom. The largest absolute Gasteiger partial charge is 0.381 e. The summed E-state index contributed by atoms with van der Waals surface area (Å²) in [4.78, 5) is 23.2. The van der Waals surface area contributed by atoms with Gasteiger partial charge >= 0.3 is 0 Å². The van der Waals surface area contributed by atoms with Gasteiger partial charge in [-0.2, -0.15) is 0 Å². The first kappa shape index (κ1) is 19.3. The van der Waals surface area contributed by atoms with Crippen molar-refractivity contribution in [3.05, 3.63) is 23.8 Å². The molecular weight excluding hydrogens is 367 g/mol. The molecule has 0 aromatic rings. The van der Waals surface area contributed by atoms with E-state index >= 15 is 4.39 Å². The van der Waals surface area contributed by atoms with E-state index in [0.717, 1.165) is 5.57 Å². The zero-order chi connectivity index (χ0) is 20.0. The lowest BCUT2D eigenvalue weighted by Gasteiger charge is -2.63. The van der Waals surface area contributed by atoms with Gasteiger partial charge in [0.05, 0.1) is 4.87 Å². The topological polar surface area (TPSA) is 54.4 Å². The standard InChI is InChI=1S/C22H28ClFO3/c1-12-9-17-16-6-5-14-10-15(26)7-8-19(14,3)21(16,23)18(24)11-20(17,4)22(12,27)13(2)25/h7-8,10,12,16-18,27H,5-6,9,11H2,1-4H3/t12-,16+,17+,18+,19+,20+,21+,22+/m1/s1. The zero-order valence-electron chi connectivity index (χ0n) is 16.4. The summed E-state index contributed by atoms with van der Waals surface area (Å²) in [6.07, 6.45) is 5.61. The van der Waals surface area contributed by atoms with Gasteiger partial charge < -0.3 is 5.11 Å². The minimum absolute atomic E-state index is 0.0321. The number of hydrogen-bond acceptors (Lipinski definition) is 3. The van der Waals surface area contributed by atoms with Crippen molar-refractivity contribution in [2.75, 3.05) is 0 Å². The molecule has 0 amide bonds. The monoisotopic (exact) mass is 394 g/mol. The summed E-state index contributed by atoms with van der Waals surface area (Å²) >= 11 is 7.19. The number of allylic oxidation sites excluding steroid dienone is 4. The van der Waals surface area contributed by atoms with Gasteiger partial charge in [0.25, 0.3) is 0 Å². The average molecular weight is 395 g/mol. The molecule has 3 nitrogen and oxygen atoms in total. The number of halogens is 2. The van der Waals surface area contributed by atoms with Crippen LogP contribution in [-0.4, -0.2) is 33.3 Å². The van der Waals surface area contributed by atoms with Gasteiger partial charge in [0.1, 0.15) is 11.8 Å². The molecule has 4 aliphatic rings. The Bertz CT molecular complexity index is 790. The van der Waals surface area contributed by atoms with Crippen LogP contribution in [0.4, 0.5) is 4.39 Å². The van der Waals surface area contributed by atoms with Crippen molar-refractivity contribution < 1.29 is 19.1 Å². The highest BCUT2D eigenvalue weighted by atomic mass is 35.5. The normalized spacial score (nSPS) is 54.0. The van der Waals surface area contributed by atoms with Gasteiger partial charge in [-0.3, -0.25) is 9.59 Å². The Morgan fingerprint density at radius 2 is 2.00 bits per heavy atom. The van der Waals surface area contributed by atoms with Gasteiger partial charge in [-0.25, -0.2) is 4.39 Å². The lowest BCUT2D eigenvalue weighted by molar-refractivity contribution is -0.169. The Morgan fingerprint density at radius 3 is 2.63 bits per heavy atom. The Balaban J connectivity index is 1.85. The third-order valence-corrected chi connectivity index (χ3v) is 9.63. The zero-order valence-corrected chi connectivity index (χ0v) is 17.1. The average Bonchev–Trinajstić information content (AvgIpc) is 2.79. The molecule has 148 valence electrons. The molecule has 5 heteroatoms. The van der Waals surface area contributed by atoms with E-state index in [0.29, 0.717) is 19.3 Å². The number of carbonyl (C=O) groups is 2. The van der Waals surface area contributed by atoms with Crippen LogP contribution in [0.3, 0.4) is 0 Å². The molecule has 0 spiro atoms. The number of ketones is 2. The molecule has 4 rings (SSSR count). The van der Waals surface area contributed by atoms with Gasteiger partial charge in [-0.05, 0) is 62.5 Å². The molecule has 0 bridgehead atoms. The minimum Gasteiger partial charge on any atom is -0.381 e. The number of aliphatic hydroxyl groups is 1. The second kappa shape index (κ2) is 5.54. The van der Waals surface area contributed by atoms with Crippen LogP contribution >= 0.6 is 11.6 Å². The third kappa shape index (κ3) is 2.02. The fraction of sp³-hybridized carbons (Fsp3) is 0.727. The first-order chi connectivity index (χ1) is 12.4. The lowest BCUT2D eigenvalue weighted by atomic mass is 9.46. The highest BCUT2D eigenvalue weighted by molar-refractivity contribution is 6.26. The van der Waals surface area contributed by atoms with Crippen LogP contribution in [-0.2, 0) is 9.59 Å². The fourth-order valence-electron chi connectivity index (χ4n) is 7.23. The van der Waals surface area contributed by atoms with E-state index in [1.54, 1.807) is 12.2 Å². The van der Waals surface area contributed by atoms with Crippen LogP contribution in [0.1, 0.15) is 53.4 Å². The van der Waals surface area contributed by atoms with Crippen LogP contribution in [0, 0.1) is 28.6 Å². The SMILES string of the molecule is CC(=O)[C@@]1(O)[C@H](C)C[C@H]2[C@@H]3CCC4=CC(=O)C=C[C@]4(C)[C@@]3(Cl)[C@@H](F)C[C@@]21C. The van der Waals surface area contributed by atoms with Crippen LogP contribution in [0.2, 0.25) is 0 Å². The number of carbonyl (C=O) groups excluding carboxylic acids is 2. The van der Waals surface area contributed by atoms with Gasteiger partial charge in [0, 0.05) is 10.8 Å². The second-order valence-electron chi connectivity index (χ2n) is 9.68. The molecule has 0 heterocycles. The van der Waals surface area contributed by atoms with Crippen LogP contribution in [0.15, 0.2) is 23.8 Å². The molecule has 3 fully saturated rings. The summed E-state index contributed by atoms with van der Waals surface area (Å²) in [6, 6.07) is 0. The predicted octanol–water partition coefficient (Wildman–Crippen LogP) is 4.17. The molecule has 0 aliphatic heterocycles. The van der Waals surface area contributed by atoms with E-state index in [2.05, 4.69) is 0 Å². The Hall–Kier alpha value is -1.000. The molecule has 27 heavy (non-hydrogen) atoms. The van der Waals surface area contributed by atoms with Crippen molar-refractivity contribution in [1.29, 1.82) is 0 Å². The summed E-state index contributed by atoms with van der Waals surface area (Å²) in [5.74, 6) is -0.777. The number of rotatable bonds is 1. The van der Waals surface area contributed by atoms with Crippen LogP contribution in [0.25, 0.3) is 0 Å². The minimum atomic E-state index is -1.52. The second-order valence-corrected chi connectivity index (χ2v) is 10.3. The predicted molar refractivity (Wildman–Crippen MR) is 102 cm³/mol. The number of hydrogen-bond donors (Lipinski definition) is 1. The third-order valence-electron chi connectivity index (χ3n) is 8.72. The molecule has 8 atom stereocenters. The first-order valence-electron chi connectivity index (χ1n) is 9.93. The number of Topliss-reactive ketones (excluding diaryl/α,β-unsaturated/α-hetero) is 1. The van der Waals surface area contributed by atoms with Crippen LogP contribution in [0.5, 0.6) is 0 Å². The first-order valence-corrected chi connectivity index (χ1v) is 10.3. The van der Waals surface area contributed by atoms with E-state index in [9.17, 15) is 14.7 Å². The molecule has 0 radical (unpaired) electrons. The molecule has 0 saturated heterocycles. The van der Waals surface area contributed by atoms with E-state index < -0.39 is 27.5 Å². The summed E-state index contributed by atoms with van der Waals surface area (Å²) in [5.41, 5.74) is -2.17. The maximum Gasteiger partial charge on any atom is 0.178 e. The lowest BCUT2D eigenvalue weighted by Crippen LogP contribution is -2.67. The number of alkyl halides is 2. The van der Waals surface area contributed by atoms with E-state index in [1.807, 2.05) is 20.8 Å². The van der Waals surface area contributed by atoms with Crippen molar-refractivity contribution >= 4 is 23.2 Å². The Kier molecular flexibility index (Phi) is 3.96. The molecule has 3 saturated carbocycles.